The topological polar surface area (TPSA) is 43.3 Å². The lowest BCUT2D eigenvalue weighted by Gasteiger charge is -2.12. The number of para-hydroxylation sites is 2. The number of aryl methyl sites for hydroxylation is 2. The molecule has 0 spiro atoms. The molecule has 142 valence electrons. The number of hydrogen-bond donors (Lipinski definition) is 1. The standard InChI is InChI=1S/C22H20N2O2S2/c1-14-6-5-7-15(2)20(14)26-11-10-24-13-16(17-8-3-4-9-18(17)24)12-19-21(25)23-22(27)28-19/h3-9,12-13H,10-11H2,1-2H3,(H,23,25,27). The molecule has 1 N–H and O–H groups in total. The number of thioether (sulfide) groups is 1. The third-order valence-electron chi connectivity index (χ3n) is 4.74. The average Bonchev–Trinajstić information content (AvgIpc) is 3.17. The quantitative estimate of drug-likeness (QED) is 0.485. The highest BCUT2D eigenvalue weighted by Gasteiger charge is 2.22. The van der Waals surface area contributed by atoms with Crippen LogP contribution >= 0.6 is 24.0 Å². The third kappa shape index (κ3) is 3.70. The van der Waals surface area contributed by atoms with E-state index in [-0.39, 0.29) is 5.91 Å². The molecule has 0 aliphatic carbocycles. The minimum atomic E-state index is -0.134. The van der Waals surface area contributed by atoms with Crippen molar-refractivity contribution in [2.75, 3.05) is 6.61 Å². The molecule has 3 aromatic rings. The second kappa shape index (κ2) is 7.81. The predicted octanol–water partition coefficient (Wildman–Crippen LogP) is 4.83. The van der Waals surface area contributed by atoms with Crippen molar-refractivity contribution in [2.45, 2.75) is 20.4 Å². The number of aromatic nitrogens is 1. The number of nitrogens with zero attached hydrogens (tertiary/aromatic N) is 1. The number of carbonyl (C=O) groups is 1. The van der Waals surface area contributed by atoms with Gasteiger partial charge in [-0.3, -0.25) is 4.79 Å². The van der Waals surface area contributed by atoms with Crippen LogP contribution in [0, 0.1) is 13.8 Å². The van der Waals surface area contributed by atoms with Gasteiger partial charge in [0.15, 0.2) is 0 Å². The lowest BCUT2D eigenvalue weighted by atomic mass is 10.1. The molecule has 0 saturated carbocycles. The van der Waals surface area contributed by atoms with Gasteiger partial charge in [-0.05, 0) is 37.1 Å². The number of nitrogens with one attached hydrogen (secondary N) is 1. The first-order valence-corrected chi connectivity index (χ1v) is 10.3. The van der Waals surface area contributed by atoms with E-state index in [1.165, 1.54) is 11.8 Å². The molecule has 0 unspecified atom stereocenters. The minimum absolute atomic E-state index is 0.134. The van der Waals surface area contributed by atoms with E-state index in [1.807, 2.05) is 24.3 Å². The number of ether oxygens (including phenoxy) is 1. The Morgan fingerprint density at radius 1 is 1.14 bits per heavy atom. The average molecular weight is 409 g/mol. The molecule has 1 saturated heterocycles. The molecule has 0 radical (unpaired) electrons. The molecule has 4 rings (SSSR count). The predicted molar refractivity (Wildman–Crippen MR) is 120 cm³/mol. The summed E-state index contributed by atoms with van der Waals surface area (Å²) < 4.78 is 8.75. The van der Waals surface area contributed by atoms with Crippen molar-refractivity contribution < 1.29 is 9.53 Å². The molecule has 0 bridgehead atoms. The van der Waals surface area contributed by atoms with Crippen LogP contribution < -0.4 is 10.1 Å². The first-order valence-electron chi connectivity index (χ1n) is 9.04. The zero-order chi connectivity index (χ0) is 19.7. The highest BCUT2D eigenvalue weighted by Crippen LogP contribution is 2.30. The van der Waals surface area contributed by atoms with Crippen LogP contribution in [0.25, 0.3) is 17.0 Å². The summed E-state index contributed by atoms with van der Waals surface area (Å²) in [6.07, 6.45) is 3.98. The van der Waals surface area contributed by atoms with Crippen LogP contribution in [0.5, 0.6) is 5.75 Å². The van der Waals surface area contributed by atoms with Gasteiger partial charge in [-0.25, -0.2) is 0 Å². The maximum absolute atomic E-state index is 12.0. The van der Waals surface area contributed by atoms with Crippen molar-refractivity contribution in [3.05, 3.63) is 70.3 Å². The van der Waals surface area contributed by atoms with Crippen molar-refractivity contribution in [1.82, 2.24) is 9.88 Å². The van der Waals surface area contributed by atoms with Crippen LogP contribution in [0.4, 0.5) is 0 Å². The number of thiocarbonyl (C=S) groups is 1. The Kier molecular flexibility index (Phi) is 5.24. The van der Waals surface area contributed by atoms with Gasteiger partial charge in [-0.15, -0.1) is 0 Å². The first-order chi connectivity index (χ1) is 13.5. The molecule has 28 heavy (non-hydrogen) atoms. The Balaban J connectivity index is 1.59. The SMILES string of the molecule is Cc1cccc(C)c1OCCn1cc(C=C2SC(=S)NC2=O)c2ccccc21. The summed E-state index contributed by atoms with van der Waals surface area (Å²) in [5.74, 6) is 0.819. The molecular weight excluding hydrogens is 388 g/mol. The summed E-state index contributed by atoms with van der Waals surface area (Å²) in [6, 6.07) is 14.4. The number of benzene rings is 2. The summed E-state index contributed by atoms with van der Waals surface area (Å²) in [5.41, 5.74) is 4.40. The van der Waals surface area contributed by atoms with Crippen molar-refractivity contribution in [2.24, 2.45) is 0 Å². The molecule has 1 amide bonds. The highest BCUT2D eigenvalue weighted by molar-refractivity contribution is 8.26. The van der Waals surface area contributed by atoms with E-state index >= 15 is 0 Å². The number of carbonyl (C=O) groups excluding carboxylic acids is 1. The second-order valence-electron chi connectivity index (χ2n) is 6.72. The van der Waals surface area contributed by atoms with Gasteiger partial charge in [0.1, 0.15) is 16.7 Å². The van der Waals surface area contributed by atoms with Crippen LogP contribution in [0.1, 0.15) is 16.7 Å². The molecule has 6 heteroatoms. The molecule has 0 atom stereocenters. The molecule has 2 aromatic carbocycles. The minimum Gasteiger partial charge on any atom is -0.491 e. The Morgan fingerprint density at radius 3 is 2.61 bits per heavy atom. The van der Waals surface area contributed by atoms with Gasteiger partial charge in [0.2, 0.25) is 0 Å². The van der Waals surface area contributed by atoms with E-state index in [0.29, 0.717) is 15.8 Å². The highest BCUT2D eigenvalue weighted by atomic mass is 32.2. The number of rotatable bonds is 5. The van der Waals surface area contributed by atoms with E-state index in [0.717, 1.165) is 39.9 Å². The maximum atomic E-state index is 12.0. The molecule has 2 heterocycles. The number of hydrogen-bond acceptors (Lipinski definition) is 4. The van der Waals surface area contributed by atoms with E-state index in [2.05, 4.69) is 54.2 Å². The van der Waals surface area contributed by atoms with Gasteiger partial charge in [-0.1, -0.05) is 60.4 Å². The van der Waals surface area contributed by atoms with Gasteiger partial charge >= 0.3 is 0 Å². The summed E-state index contributed by atoms with van der Waals surface area (Å²) in [7, 11) is 0. The molecule has 1 aromatic heterocycles. The van der Waals surface area contributed by atoms with Crippen LogP contribution in [0.3, 0.4) is 0 Å². The third-order valence-corrected chi connectivity index (χ3v) is 5.90. The van der Waals surface area contributed by atoms with Crippen LogP contribution in [-0.4, -0.2) is 21.4 Å². The summed E-state index contributed by atoms with van der Waals surface area (Å²) in [6.45, 7) is 5.41. The van der Waals surface area contributed by atoms with E-state index in [4.69, 9.17) is 17.0 Å². The smallest absolute Gasteiger partial charge is 0.263 e. The maximum Gasteiger partial charge on any atom is 0.263 e. The number of fused-ring (bicyclic) bond motifs is 1. The lowest BCUT2D eigenvalue weighted by molar-refractivity contribution is -0.115. The first kappa shape index (κ1) is 18.8. The van der Waals surface area contributed by atoms with E-state index < -0.39 is 0 Å². The monoisotopic (exact) mass is 408 g/mol. The fourth-order valence-electron chi connectivity index (χ4n) is 3.41. The fraction of sp³-hybridized carbons (Fsp3) is 0.182. The number of amides is 1. The van der Waals surface area contributed by atoms with Gasteiger partial charge in [0.25, 0.3) is 5.91 Å². The van der Waals surface area contributed by atoms with E-state index in [1.54, 1.807) is 0 Å². The normalized spacial score (nSPS) is 15.4. The Morgan fingerprint density at radius 2 is 1.89 bits per heavy atom. The van der Waals surface area contributed by atoms with Crippen LogP contribution in [0.15, 0.2) is 53.6 Å². The lowest BCUT2D eigenvalue weighted by Crippen LogP contribution is -2.17. The van der Waals surface area contributed by atoms with E-state index in [9.17, 15) is 4.79 Å². The molecule has 1 fully saturated rings. The summed E-state index contributed by atoms with van der Waals surface area (Å²) >= 11 is 6.39. The largest absolute Gasteiger partial charge is 0.491 e. The van der Waals surface area contributed by atoms with Crippen LogP contribution in [0.2, 0.25) is 0 Å². The van der Waals surface area contributed by atoms with Gasteiger partial charge in [0, 0.05) is 22.7 Å². The summed E-state index contributed by atoms with van der Waals surface area (Å²) in [4.78, 5) is 12.6. The van der Waals surface area contributed by atoms with Crippen LogP contribution in [-0.2, 0) is 11.3 Å². The molecule has 1 aliphatic heterocycles. The Labute approximate surface area is 173 Å². The Hall–Kier alpha value is -2.57. The van der Waals surface area contributed by atoms with Crippen molar-refractivity contribution in [1.29, 1.82) is 0 Å². The van der Waals surface area contributed by atoms with Crippen molar-refractivity contribution >= 4 is 51.2 Å². The van der Waals surface area contributed by atoms with Gasteiger partial charge in [-0.2, -0.15) is 0 Å². The Bertz CT molecular complexity index is 1090. The van der Waals surface area contributed by atoms with Crippen molar-refractivity contribution in [3.63, 3.8) is 0 Å². The van der Waals surface area contributed by atoms with Crippen molar-refractivity contribution in [3.8, 4) is 5.75 Å². The molecule has 1 aliphatic rings. The zero-order valence-corrected chi connectivity index (χ0v) is 17.3. The fourth-order valence-corrected chi connectivity index (χ4v) is 4.45. The second-order valence-corrected chi connectivity index (χ2v) is 8.44. The molecule has 4 nitrogen and oxygen atoms in total. The summed E-state index contributed by atoms with van der Waals surface area (Å²) in [5, 5.41) is 3.77. The molecular formula is C22H20N2O2S2. The zero-order valence-electron chi connectivity index (χ0n) is 15.7. The van der Waals surface area contributed by atoms with Gasteiger partial charge < -0.3 is 14.6 Å². The van der Waals surface area contributed by atoms with Gasteiger partial charge in [0.05, 0.1) is 11.4 Å².